The lowest BCUT2D eigenvalue weighted by Crippen LogP contribution is -2.07. The van der Waals surface area contributed by atoms with Gasteiger partial charge in [-0.3, -0.25) is 4.98 Å². The van der Waals surface area contributed by atoms with Crippen LogP contribution in [0.15, 0.2) is 49.4 Å². The van der Waals surface area contributed by atoms with Crippen LogP contribution in [0.25, 0.3) is 28.0 Å². The molecule has 0 aliphatic carbocycles. The molecule has 0 saturated carbocycles. The maximum atomic E-state index is 6.24. The number of para-hydroxylation sites is 1. The van der Waals surface area contributed by atoms with E-state index in [1.165, 1.54) is 0 Å². The highest BCUT2D eigenvalue weighted by Gasteiger charge is 2.17. The summed E-state index contributed by atoms with van der Waals surface area (Å²) < 4.78 is 8.10. The largest absolute Gasteiger partial charge is 0.487 e. The van der Waals surface area contributed by atoms with Gasteiger partial charge in [-0.05, 0) is 19.1 Å². The molecule has 158 valence electrons. The minimum Gasteiger partial charge on any atom is -0.487 e. The fraction of sp³-hybridized carbons (Fsp3) is 0.174. The Morgan fingerprint density at radius 1 is 1.19 bits per heavy atom. The number of halogens is 2. The van der Waals surface area contributed by atoms with Crippen LogP contribution in [0.4, 0.5) is 0 Å². The minimum absolute atomic E-state index is 0.207. The van der Waals surface area contributed by atoms with Crippen molar-refractivity contribution in [3.05, 3.63) is 76.4 Å². The lowest BCUT2D eigenvalue weighted by atomic mass is 10.1. The fourth-order valence-corrected chi connectivity index (χ4v) is 3.92. The molecule has 0 fully saturated rings. The lowest BCUT2D eigenvalue weighted by Gasteiger charge is -2.14. The Hall–Kier alpha value is -3.09. The van der Waals surface area contributed by atoms with Gasteiger partial charge in [-0.1, -0.05) is 41.9 Å². The summed E-state index contributed by atoms with van der Waals surface area (Å²) in [5, 5.41) is 4.93. The molecule has 6 nitrogen and oxygen atoms in total. The molecule has 0 amide bonds. The molecule has 0 spiro atoms. The number of fused-ring (bicyclic) bond motifs is 1. The van der Waals surface area contributed by atoms with E-state index >= 15 is 0 Å². The summed E-state index contributed by atoms with van der Waals surface area (Å²) in [4.78, 5) is 13.4. The van der Waals surface area contributed by atoms with Crippen LogP contribution in [-0.4, -0.2) is 26.6 Å². The van der Waals surface area contributed by atoms with E-state index in [2.05, 4.69) is 21.9 Å². The van der Waals surface area contributed by atoms with E-state index in [4.69, 9.17) is 32.9 Å². The predicted octanol–water partition coefficient (Wildman–Crippen LogP) is 5.41. The zero-order chi connectivity index (χ0) is 22.1. The van der Waals surface area contributed by atoms with Crippen molar-refractivity contribution in [3.63, 3.8) is 0 Å². The quantitative estimate of drug-likeness (QED) is 0.422. The summed E-state index contributed by atoms with van der Waals surface area (Å²) in [6.07, 6.45) is 4.91. The fourth-order valence-electron chi connectivity index (χ4n) is 3.45. The average molecular weight is 454 g/mol. The Morgan fingerprint density at radius 2 is 1.94 bits per heavy atom. The molecular weight excluding hydrogens is 433 g/mol. The van der Waals surface area contributed by atoms with Crippen LogP contribution in [0.5, 0.6) is 5.75 Å². The monoisotopic (exact) mass is 453 g/mol. The van der Waals surface area contributed by atoms with Gasteiger partial charge in [0.25, 0.3) is 0 Å². The number of pyridine rings is 2. The van der Waals surface area contributed by atoms with Crippen LogP contribution in [0.2, 0.25) is 10.0 Å². The van der Waals surface area contributed by atoms with Gasteiger partial charge in [-0.25, -0.2) is 9.97 Å². The molecule has 0 bridgehead atoms. The van der Waals surface area contributed by atoms with Gasteiger partial charge in [0.05, 0.1) is 27.6 Å². The van der Waals surface area contributed by atoms with Gasteiger partial charge in [0.15, 0.2) is 0 Å². The van der Waals surface area contributed by atoms with Crippen LogP contribution in [0, 0.1) is 6.92 Å². The predicted molar refractivity (Wildman–Crippen MR) is 125 cm³/mol. The number of nitrogens with one attached hydrogen (secondary N) is 1. The summed E-state index contributed by atoms with van der Waals surface area (Å²) in [5.74, 6) is 1.46. The Bertz CT molecular complexity index is 1280. The van der Waals surface area contributed by atoms with Gasteiger partial charge in [0.1, 0.15) is 23.7 Å². The highest BCUT2D eigenvalue weighted by molar-refractivity contribution is 6.35. The number of hydrogen-bond donors (Lipinski definition) is 1. The van der Waals surface area contributed by atoms with Gasteiger partial charge in [0, 0.05) is 48.7 Å². The van der Waals surface area contributed by atoms with Gasteiger partial charge in [0.2, 0.25) is 0 Å². The number of rotatable bonds is 6. The molecule has 4 rings (SSSR count). The third-order valence-corrected chi connectivity index (χ3v) is 5.75. The van der Waals surface area contributed by atoms with Crippen molar-refractivity contribution in [1.29, 1.82) is 0 Å². The second kappa shape index (κ2) is 8.57. The van der Waals surface area contributed by atoms with E-state index in [1.54, 1.807) is 12.4 Å². The van der Waals surface area contributed by atoms with E-state index < -0.39 is 0 Å². The van der Waals surface area contributed by atoms with Gasteiger partial charge >= 0.3 is 0 Å². The van der Waals surface area contributed by atoms with E-state index in [0.29, 0.717) is 21.4 Å². The highest BCUT2D eigenvalue weighted by atomic mass is 35.5. The molecule has 0 saturated heterocycles. The minimum atomic E-state index is 0.207. The smallest absolute Gasteiger partial charge is 0.146 e. The van der Waals surface area contributed by atoms with Crippen LogP contribution < -0.4 is 10.1 Å². The summed E-state index contributed by atoms with van der Waals surface area (Å²) in [5.41, 5.74) is 4.96. The van der Waals surface area contributed by atoms with E-state index in [1.807, 2.05) is 56.0 Å². The first-order chi connectivity index (χ1) is 14.9. The van der Waals surface area contributed by atoms with Gasteiger partial charge in [-0.2, -0.15) is 0 Å². The first kappa shape index (κ1) is 21.2. The molecule has 1 N–H and O–H groups in total. The first-order valence-corrected chi connectivity index (χ1v) is 10.4. The number of aromatic nitrogens is 4. The third-order valence-electron chi connectivity index (χ3n) is 5.09. The molecule has 0 unspecified atom stereocenters. The lowest BCUT2D eigenvalue weighted by molar-refractivity contribution is 0.309. The van der Waals surface area contributed by atoms with Crippen molar-refractivity contribution in [2.75, 3.05) is 7.05 Å². The summed E-state index contributed by atoms with van der Waals surface area (Å²) in [6, 6.07) is 7.85. The zero-order valence-corrected chi connectivity index (χ0v) is 18.9. The molecular formula is C23H21Cl2N5O. The van der Waals surface area contributed by atoms with Crippen molar-refractivity contribution < 1.29 is 4.74 Å². The number of imidazole rings is 1. The third kappa shape index (κ3) is 3.96. The topological polar surface area (TPSA) is 64.9 Å². The Balaban J connectivity index is 1.79. The summed E-state index contributed by atoms with van der Waals surface area (Å²) in [7, 11) is 3.81. The van der Waals surface area contributed by atoms with Crippen LogP contribution in [0.3, 0.4) is 0 Å². The Morgan fingerprint density at radius 3 is 2.65 bits per heavy atom. The van der Waals surface area contributed by atoms with Crippen molar-refractivity contribution in [1.82, 2.24) is 24.8 Å². The molecule has 0 radical (unpaired) electrons. The van der Waals surface area contributed by atoms with Crippen LogP contribution in [0.1, 0.15) is 17.0 Å². The van der Waals surface area contributed by atoms with E-state index in [0.717, 1.165) is 39.4 Å². The van der Waals surface area contributed by atoms with E-state index in [9.17, 15) is 0 Å². The number of aryl methyl sites for hydroxylation is 1. The molecule has 0 atom stereocenters. The number of nitrogens with zero attached hydrogens (tertiary/aromatic N) is 4. The number of hydrogen-bond acceptors (Lipinski definition) is 5. The Labute approximate surface area is 190 Å². The van der Waals surface area contributed by atoms with E-state index in [-0.39, 0.29) is 6.61 Å². The molecule has 0 aliphatic rings. The van der Waals surface area contributed by atoms with Gasteiger partial charge in [-0.15, -0.1) is 0 Å². The SMILES string of the molecule is C=C(NC)c1cnc(-c2cc(C)nc3c(OCc4c(Cl)cncc4Cl)cccc23)n1C. The maximum absolute atomic E-state index is 6.24. The number of benzene rings is 1. The van der Waals surface area contributed by atoms with Crippen LogP contribution >= 0.6 is 23.2 Å². The normalized spacial score (nSPS) is 11.0. The second-order valence-corrected chi connectivity index (χ2v) is 7.90. The summed E-state index contributed by atoms with van der Waals surface area (Å²) in [6.45, 7) is 6.20. The zero-order valence-electron chi connectivity index (χ0n) is 17.4. The first-order valence-electron chi connectivity index (χ1n) is 9.61. The highest BCUT2D eigenvalue weighted by Crippen LogP contribution is 2.34. The molecule has 0 aliphatic heterocycles. The number of ether oxygens (including phenoxy) is 1. The molecule has 31 heavy (non-hydrogen) atoms. The van der Waals surface area contributed by atoms with Crippen molar-refractivity contribution in [3.8, 4) is 17.1 Å². The summed E-state index contributed by atoms with van der Waals surface area (Å²) >= 11 is 12.5. The van der Waals surface area contributed by atoms with Crippen molar-refractivity contribution in [2.24, 2.45) is 7.05 Å². The van der Waals surface area contributed by atoms with Crippen molar-refractivity contribution >= 4 is 39.8 Å². The second-order valence-electron chi connectivity index (χ2n) is 7.09. The average Bonchev–Trinajstić information content (AvgIpc) is 3.13. The molecule has 1 aromatic carbocycles. The molecule has 8 heteroatoms. The molecule has 4 aromatic rings. The maximum Gasteiger partial charge on any atom is 0.146 e. The van der Waals surface area contributed by atoms with Gasteiger partial charge < -0.3 is 14.6 Å². The molecule has 3 heterocycles. The molecule has 3 aromatic heterocycles. The Kier molecular flexibility index (Phi) is 5.85. The van der Waals surface area contributed by atoms with Crippen molar-refractivity contribution in [2.45, 2.75) is 13.5 Å². The standard InChI is InChI=1S/C23H21Cl2N5O/c1-13-8-16(23-28-11-20(30(23)4)14(2)26-3)15-6-5-7-21(22(15)29-13)31-12-17-18(24)9-27-10-19(17)25/h5-11,26H,2,12H2,1,3-4H3. The van der Waals surface area contributed by atoms with Crippen LogP contribution in [-0.2, 0) is 13.7 Å².